The molecule has 7 atom stereocenters. The van der Waals surface area contributed by atoms with Crippen molar-refractivity contribution in [2.75, 3.05) is 6.61 Å². The molecule has 3 saturated carbocycles. The van der Waals surface area contributed by atoms with Gasteiger partial charge in [0, 0.05) is 6.61 Å². The molecule has 2 heteroatoms. The molecule has 3 fully saturated rings. The third kappa shape index (κ3) is 3.00. The molecule has 0 spiro atoms. The third-order valence-electron chi connectivity index (χ3n) is 9.48. The van der Waals surface area contributed by atoms with Crippen LogP contribution < -0.4 is 0 Å². The van der Waals surface area contributed by atoms with Crippen molar-refractivity contribution in [3.63, 3.8) is 0 Å². The molecule has 0 saturated heterocycles. The van der Waals surface area contributed by atoms with E-state index in [0.29, 0.717) is 17.4 Å². The van der Waals surface area contributed by atoms with E-state index in [9.17, 15) is 5.11 Å². The molecule has 4 rings (SSSR count). The van der Waals surface area contributed by atoms with Crippen molar-refractivity contribution < 1.29 is 10.2 Å². The van der Waals surface area contributed by atoms with Crippen molar-refractivity contribution in [3.8, 4) is 0 Å². The van der Waals surface area contributed by atoms with Gasteiger partial charge in [-0.05, 0) is 98.7 Å². The van der Waals surface area contributed by atoms with Gasteiger partial charge in [-0.1, -0.05) is 38.3 Å². The maximum absolute atomic E-state index is 10.1. The second-order valence-electron chi connectivity index (χ2n) is 10.5. The van der Waals surface area contributed by atoms with Gasteiger partial charge in [0.2, 0.25) is 0 Å². The van der Waals surface area contributed by atoms with E-state index in [2.05, 4.69) is 19.9 Å². The summed E-state index contributed by atoms with van der Waals surface area (Å²) in [5.41, 5.74) is 2.54. The quantitative estimate of drug-likeness (QED) is 0.503. The summed E-state index contributed by atoms with van der Waals surface area (Å²) in [4.78, 5) is 0. The zero-order chi connectivity index (χ0) is 18.4. The fourth-order valence-electron chi connectivity index (χ4n) is 7.90. The van der Waals surface area contributed by atoms with Crippen molar-refractivity contribution in [1.82, 2.24) is 0 Å². The Hall–Kier alpha value is -0.340. The first-order valence-electron chi connectivity index (χ1n) is 11.5. The molecule has 7 unspecified atom stereocenters. The van der Waals surface area contributed by atoms with Crippen LogP contribution in [0.3, 0.4) is 0 Å². The Labute approximate surface area is 160 Å². The van der Waals surface area contributed by atoms with Gasteiger partial charge in [0.05, 0.1) is 6.10 Å². The first-order chi connectivity index (χ1) is 12.5. The van der Waals surface area contributed by atoms with Gasteiger partial charge in [-0.15, -0.1) is 0 Å². The minimum atomic E-state index is -0.0884. The van der Waals surface area contributed by atoms with Crippen LogP contribution >= 0.6 is 0 Å². The molecule has 26 heavy (non-hydrogen) atoms. The maximum Gasteiger partial charge on any atom is 0.0577 e. The number of fused-ring (bicyclic) bond motifs is 5. The molecule has 0 aromatic heterocycles. The van der Waals surface area contributed by atoms with E-state index in [0.717, 1.165) is 42.9 Å². The van der Waals surface area contributed by atoms with E-state index in [1.807, 2.05) is 0 Å². The Morgan fingerprint density at radius 1 is 1.00 bits per heavy atom. The largest absolute Gasteiger partial charge is 0.396 e. The fourth-order valence-corrected chi connectivity index (χ4v) is 7.90. The van der Waals surface area contributed by atoms with Crippen LogP contribution in [0.25, 0.3) is 0 Å². The summed E-state index contributed by atoms with van der Waals surface area (Å²) in [5.74, 6) is 3.59. The molecule has 0 bridgehead atoms. The van der Waals surface area contributed by atoms with Gasteiger partial charge in [-0.25, -0.2) is 0 Å². The Kier molecular flexibility index (Phi) is 5.29. The number of rotatable bonds is 5. The predicted octanol–water partition coefficient (Wildman–Crippen LogP) is 5.48. The summed E-state index contributed by atoms with van der Waals surface area (Å²) < 4.78 is 0. The van der Waals surface area contributed by atoms with Crippen molar-refractivity contribution >= 4 is 0 Å². The van der Waals surface area contributed by atoms with Gasteiger partial charge in [0.15, 0.2) is 0 Å². The lowest BCUT2D eigenvalue weighted by molar-refractivity contribution is -0.0508. The van der Waals surface area contributed by atoms with Crippen LogP contribution in [0.4, 0.5) is 0 Å². The van der Waals surface area contributed by atoms with Gasteiger partial charge in [-0.3, -0.25) is 0 Å². The predicted molar refractivity (Wildman–Crippen MR) is 107 cm³/mol. The van der Waals surface area contributed by atoms with Crippen molar-refractivity contribution in [3.05, 3.63) is 11.6 Å². The Morgan fingerprint density at radius 3 is 2.65 bits per heavy atom. The lowest BCUT2D eigenvalue weighted by atomic mass is 9.47. The van der Waals surface area contributed by atoms with Crippen molar-refractivity contribution in [2.45, 2.75) is 97.0 Å². The minimum absolute atomic E-state index is 0.0884. The highest BCUT2D eigenvalue weighted by Gasteiger charge is 2.58. The normalized spacial score (nSPS) is 47.7. The van der Waals surface area contributed by atoms with Crippen LogP contribution in [0.5, 0.6) is 0 Å². The summed E-state index contributed by atoms with van der Waals surface area (Å²) in [7, 11) is 0. The number of allylic oxidation sites excluding steroid dienone is 1. The van der Waals surface area contributed by atoms with Crippen LogP contribution in [-0.2, 0) is 0 Å². The first-order valence-corrected chi connectivity index (χ1v) is 11.5. The molecule has 4 aliphatic rings. The van der Waals surface area contributed by atoms with Gasteiger partial charge < -0.3 is 10.2 Å². The number of aliphatic hydroxyl groups excluding tert-OH is 2. The molecule has 2 N–H and O–H groups in total. The second kappa shape index (κ2) is 7.24. The molecule has 148 valence electrons. The number of aliphatic hydroxyl groups is 2. The van der Waals surface area contributed by atoms with Crippen molar-refractivity contribution in [1.29, 1.82) is 0 Å². The van der Waals surface area contributed by atoms with Gasteiger partial charge in [0.25, 0.3) is 0 Å². The summed E-state index contributed by atoms with van der Waals surface area (Å²) >= 11 is 0. The van der Waals surface area contributed by atoms with E-state index in [-0.39, 0.29) is 6.10 Å². The molecule has 0 radical (unpaired) electrons. The van der Waals surface area contributed by atoms with Crippen LogP contribution in [0, 0.1) is 34.5 Å². The molecule has 0 aromatic carbocycles. The Balaban J connectivity index is 1.49. The van der Waals surface area contributed by atoms with Gasteiger partial charge >= 0.3 is 0 Å². The lowest BCUT2D eigenvalue weighted by Crippen LogP contribution is -2.50. The molecule has 0 aromatic rings. The van der Waals surface area contributed by atoms with Crippen LogP contribution in [0.1, 0.15) is 90.9 Å². The zero-order valence-corrected chi connectivity index (χ0v) is 17.1. The summed E-state index contributed by atoms with van der Waals surface area (Å²) in [6.07, 6.45) is 17.5. The first kappa shape index (κ1) is 19.0. The fraction of sp³-hybridized carbons (Fsp3) is 0.917. The maximum atomic E-state index is 10.1. The van der Waals surface area contributed by atoms with Gasteiger partial charge in [-0.2, -0.15) is 0 Å². The highest BCUT2D eigenvalue weighted by atomic mass is 16.3. The Bertz CT molecular complexity index is 540. The monoisotopic (exact) mass is 360 g/mol. The van der Waals surface area contributed by atoms with Crippen LogP contribution in [0.2, 0.25) is 0 Å². The van der Waals surface area contributed by atoms with E-state index in [1.165, 1.54) is 57.8 Å². The molecule has 4 aliphatic carbocycles. The van der Waals surface area contributed by atoms with E-state index >= 15 is 0 Å². The van der Waals surface area contributed by atoms with Crippen LogP contribution in [0.15, 0.2) is 11.6 Å². The highest BCUT2D eigenvalue weighted by molar-refractivity contribution is 5.25. The van der Waals surface area contributed by atoms with E-state index in [4.69, 9.17) is 5.11 Å². The second-order valence-corrected chi connectivity index (χ2v) is 10.5. The van der Waals surface area contributed by atoms with Gasteiger partial charge in [0.1, 0.15) is 0 Å². The molecule has 0 aliphatic heterocycles. The summed E-state index contributed by atoms with van der Waals surface area (Å²) in [6, 6.07) is 0. The lowest BCUT2D eigenvalue weighted by Gasteiger charge is -2.58. The van der Waals surface area contributed by atoms with Crippen molar-refractivity contribution in [2.24, 2.45) is 34.5 Å². The topological polar surface area (TPSA) is 40.5 Å². The van der Waals surface area contributed by atoms with Crippen LogP contribution in [-0.4, -0.2) is 22.9 Å². The zero-order valence-electron chi connectivity index (χ0n) is 17.1. The van der Waals surface area contributed by atoms with E-state index in [1.54, 1.807) is 5.57 Å². The highest BCUT2D eigenvalue weighted by Crippen LogP contribution is 2.66. The molecule has 0 amide bonds. The smallest absolute Gasteiger partial charge is 0.0577 e. The average Bonchev–Trinajstić information content (AvgIpc) is 2.96. The summed E-state index contributed by atoms with van der Waals surface area (Å²) in [6.45, 7) is 5.52. The standard InChI is InChI=1S/C24H40O2/c1-23-14-12-22-20(9-7-18-16-19(26)11-13-24(18,22)2)21(23)10-8-17(23)6-4-3-5-15-25/h7,17,19-22,25-26H,3-6,8-16H2,1-2H3. The molecule has 2 nitrogen and oxygen atoms in total. The molecule has 0 heterocycles. The number of unbranched alkanes of at least 4 members (excludes halogenated alkanes) is 2. The third-order valence-corrected chi connectivity index (χ3v) is 9.48. The average molecular weight is 361 g/mol. The molecular formula is C24H40O2. The number of hydrogen-bond acceptors (Lipinski definition) is 2. The SMILES string of the molecule is CC12CCC(O)CC1=CCC1C2CCC2(C)C(CCCCCO)CCC12. The minimum Gasteiger partial charge on any atom is -0.396 e. The Morgan fingerprint density at radius 2 is 1.85 bits per heavy atom. The van der Waals surface area contributed by atoms with E-state index < -0.39 is 0 Å². The summed E-state index contributed by atoms with van der Waals surface area (Å²) in [5, 5.41) is 19.2. The molecular weight excluding hydrogens is 320 g/mol. The number of hydrogen-bond donors (Lipinski definition) is 2.